The number of benzene rings is 1. The van der Waals surface area contributed by atoms with Gasteiger partial charge in [0.1, 0.15) is 11.5 Å². The molecule has 1 fully saturated rings. The number of carbonyl (C=O) groups excluding carboxylic acids is 1. The van der Waals surface area contributed by atoms with E-state index in [1.807, 2.05) is 48.2 Å². The van der Waals surface area contributed by atoms with Crippen molar-refractivity contribution in [3.05, 3.63) is 53.5 Å². The van der Waals surface area contributed by atoms with Crippen LogP contribution in [0.4, 0.5) is 5.69 Å². The molecule has 110 valence electrons. The average Bonchev–Trinajstić information content (AvgIpc) is 3.19. The predicted octanol–water partition coefficient (Wildman–Crippen LogP) is 2.90. The van der Waals surface area contributed by atoms with E-state index in [4.69, 9.17) is 10.2 Å². The number of nitrogens with zero attached hydrogens (tertiary/aromatic N) is 1. The fourth-order valence-electron chi connectivity index (χ4n) is 2.52. The molecule has 0 aliphatic heterocycles. The van der Waals surface area contributed by atoms with Crippen molar-refractivity contribution in [2.75, 3.05) is 5.73 Å². The minimum Gasteiger partial charge on any atom is -0.464 e. The lowest BCUT2D eigenvalue weighted by atomic mass is 10.1. The molecule has 1 amide bonds. The Kier molecular flexibility index (Phi) is 3.69. The summed E-state index contributed by atoms with van der Waals surface area (Å²) in [7, 11) is 0. The van der Waals surface area contributed by atoms with Crippen molar-refractivity contribution in [3.8, 4) is 0 Å². The van der Waals surface area contributed by atoms with E-state index in [0.29, 0.717) is 24.7 Å². The maximum atomic E-state index is 12.6. The van der Waals surface area contributed by atoms with Crippen LogP contribution in [0.2, 0.25) is 0 Å². The second kappa shape index (κ2) is 5.64. The quantitative estimate of drug-likeness (QED) is 0.859. The molecule has 0 radical (unpaired) electrons. The van der Waals surface area contributed by atoms with Crippen LogP contribution in [0.25, 0.3) is 0 Å². The predicted molar refractivity (Wildman–Crippen MR) is 81.6 cm³/mol. The standard InChI is InChI=1S/C17H20N2O2/c1-12-5-8-16(21-12)11-19(15-6-7-15)17(20)10-13-3-2-4-14(18)9-13/h2-5,8-9,15H,6-7,10-11,18H2,1H3. The first-order chi connectivity index (χ1) is 10.1. The topological polar surface area (TPSA) is 59.5 Å². The van der Waals surface area contributed by atoms with Crippen LogP contribution in [0.15, 0.2) is 40.8 Å². The lowest BCUT2D eigenvalue weighted by Gasteiger charge is -2.21. The monoisotopic (exact) mass is 284 g/mol. The van der Waals surface area contributed by atoms with Gasteiger partial charge in [0.15, 0.2) is 0 Å². The van der Waals surface area contributed by atoms with Crippen LogP contribution >= 0.6 is 0 Å². The molecule has 3 rings (SSSR count). The molecule has 1 aromatic heterocycles. The summed E-state index contributed by atoms with van der Waals surface area (Å²) in [5, 5.41) is 0. The van der Waals surface area contributed by atoms with Crippen LogP contribution in [-0.2, 0) is 17.8 Å². The van der Waals surface area contributed by atoms with Crippen molar-refractivity contribution >= 4 is 11.6 Å². The lowest BCUT2D eigenvalue weighted by molar-refractivity contribution is -0.131. The molecule has 1 aromatic carbocycles. The number of amides is 1. The van der Waals surface area contributed by atoms with Crippen LogP contribution < -0.4 is 5.73 Å². The molecule has 0 spiro atoms. The molecule has 4 nitrogen and oxygen atoms in total. The number of nitrogens with two attached hydrogens (primary N) is 1. The number of rotatable bonds is 5. The Morgan fingerprint density at radius 2 is 2.14 bits per heavy atom. The molecule has 1 aliphatic carbocycles. The Bertz CT molecular complexity index is 644. The van der Waals surface area contributed by atoms with Crippen molar-refractivity contribution in [2.45, 2.75) is 38.8 Å². The van der Waals surface area contributed by atoms with Gasteiger partial charge in [-0.3, -0.25) is 4.79 Å². The van der Waals surface area contributed by atoms with E-state index >= 15 is 0 Å². The van der Waals surface area contributed by atoms with Crippen molar-refractivity contribution < 1.29 is 9.21 Å². The van der Waals surface area contributed by atoms with Crippen molar-refractivity contribution in [3.63, 3.8) is 0 Å². The SMILES string of the molecule is Cc1ccc(CN(C(=O)Cc2cccc(N)c2)C2CC2)o1. The number of carbonyl (C=O) groups is 1. The molecular formula is C17H20N2O2. The summed E-state index contributed by atoms with van der Waals surface area (Å²) in [4.78, 5) is 14.5. The third-order valence-electron chi connectivity index (χ3n) is 3.74. The highest BCUT2D eigenvalue weighted by atomic mass is 16.3. The van der Waals surface area contributed by atoms with Gasteiger partial charge in [-0.05, 0) is 49.6 Å². The first-order valence-corrected chi connectivity index (χ1v) is 7.31. The maximum Gasteiger partial charge on any atom is 0.227 e. The van der Waals surface area contributed by atoms with Gasteiger partial charge in [0.05, 0.1) is 13.0 Å². The zero-order chi connectivity index (χ0) is 14.8. The minimum atomic E-state index is 0.136. The molecule has 21 heavy (non-hydrogen) atoms. The summed E-state index contributed by atoms with van der Waals surface area (Å²) in [6.07, 6.45) is 2.56. The highest BCUT2D eigenvalue weighted by Gasteiger charge is 2.33. The molecule has 4 heteroatoms. The van der Waals surface area contributed by atoms with Crippen LogP contribution in [0.1, 0.15) is 29.9 Å². The molecule has 0 saturated heterocycles. The lowest BCUT2D eigenvalue weighted by Crippen LogP contribution is -2.33. The Hall–Kier alpha value is -2.23. The van der Waals surface area contributed by atoms with Gasteiger partial charge in [-0.25, -0.2) is 0 Å². The van der Waals surface area contributed by atoms with Gasteiger partial charge in [-0.15, -0.1) is 0 Å². The zero-order valence-electron chi connectivity index (χ0n) is 12.2. The van der Waals surface area contributed by atoms with Gasteiger partial charge >= 0.3 is 0 Å². The number of hydrogen-bond donors (Lipinski definition) is 1. The summed E-state index contributed by atoms with van der Waals surface area (Å²) >= 11 is 0. The van der Waals surface area contributed by atoms with Gasteiger partial charge in [0, 0.05) is 11.7 Å². The molecule has 0 atom stereocenters. The van der Waals surface area contributed by atoms with Crippen molar-refractivity contribution in [1.29, 1.82) is 0 Å². The number of furan rings is 1. The fourth-order valence-corrected chi connectivity index (χ4v) is 2.52. The number of hydrogen-bond acceptors (Lipinski definition) is 3. The van der Waals surface area contributed by atoms with Gasteiger partial charge < -0.3 is 15.1 Å². The van der Waals surface area contributed by atoms with E-state index in [1.165, 1.54) is 0 Å². The van der Waals surface area contributed by atoms with E-state index in [9.17, 15) is 4.79 Å². The van der Waals surface area contributed by atoms with E-state index in [1.54, 1.807) is 0 Å². The summed E-state index contributed by atoms with van der Waals surface area (Å²) < 4.78 is 5.60. The Balaban J connectivity index is 1.70. The van der Waals surface area contributed by atoms with Crippen LogP contribution in [0.3, 0.4) is 0 Å². The molecule has 0 bridgehead atoms. The highest BCUT2D eigenvalue weighted by molar-refractivity contribution is 5.79. The number of nitrogen functional groups attached to an aromatic ring is 1. The van der Waals surface area contributed by atoms with Crippen LogP contribution in [-0.4, -0.2) is 16.8 Å². The molecule has 2 N–H and O–H groups in total. The second-order valence-corrected chi connectivity index (χ2v) is 5.69. The van der Waals surface area contributed by atoms with E-state index in [-0.39, 0.29) is 5.91 Å². The van der Waals surface area contributed by atoms with Gasteiger partial charge in [0.25, 0.3) is 0 Å². The molecule has 2 aromatic rings. The van der Waals surface area contributed by atoms with Crippen molar-refractivity contribution in [1.82, 2.24) is 4.90 Å². The van der Waals surface area contributed by atoms with Crippen molar-refractivity contribution in [2.24, 2.45) is 0 Å². The van der Waals surface area contributed by atoms with Crippen LogP contribution in [0, 0.1) is 6.92 Å². The summed E-state index contributed by atoms with van der Waals surface area (Å²) in [5.74, 6) is 1.86. The van der Waals surface area contributed by atoms with E-state index in [0.717, 1.165) is 29.9 Å². The summed E-state index contributed by atoms with van der Waals surface area (Å²) in [6.45, 7) is 2.47. The number of anilines is 1. The normalized spacial score (nSPS) is 14.1. The van der Waals surface area contributed by atoms with Gasteiger partial charge in [-0.2, -0.15) is 0 Å². The van der Waals surface area contributed by atoms with E-state index in [2.05, 4.69) is 0 Å². The smallest absolute Gasteiger partial charge is 0.227 e. The first-order valence-electron chi connectivity index (χ1n) is 7.31. The molecule has 1 aliphatic rings. The zero-order valence-corrected chi connectivity index (χ0v) is 12.2. The minimum absolute atomic E-state index is 0.136. The second-order valence-electron chi connectivity index (χ2n) is 5.69. The Morgan fingerprint density at radius 3 is 2.76 bits per heavy atom. The maximum absolute atomic E-state index is 12.6. The summed E-state index contributed by atoms with van der Waals surface area (Å²) in [5.41, 5.74) is 7.42. The molecule has 0 unspecified atom stereocenters. The number of aryl methyl sites for hydroxylation is 1. The third-order valence-corrected chi connectivity index (χ3v) is 3.74. The Morgan fingerprint density at radius 1 is 1.33 bits per heavy atom. The fraction of sp³-hybridized carbons (Fsp3) is 0.353. The van der Waals surface area contributed by atoms with Gasteiger partial charge in [-0.1, -0.05) is 12.1 Å². The van der Waals surface area contributed by atoms with Gasteiger partial charge in [0.2, 0.25) is 5.91 Å². The first kappa shape index (κ1) is 13.7. The summed E-state index contributed by atoms with van der Waals surface area (Å²) in [6, 6.07) is 11.8. The average molecular weight is 284 g/mol. The molecule has 1 heterocycles. The Labute approximate surface area is 124 Å². The third kappa shape index (κ3) is 3.45. The molecular weight excluding hydrogens is 264 g/mol. The highest BCUT2D eigenvalue weighted by Crippen LogP contribution is 2.29. The largest absolute Gasteiger partial charge is 0.464 e. The molecule has 1 saturated carbocycles. The van der Waals surface area contributed by atoms with E-state index < -0.39 is 0 Å². The van der Waals surface area contributed by atoms with Crippen LogP contribution in [0.5, 0.6) is 0 Å².